The normalized spacial score (nSPS) is 12.6. The molecule has 1 unspecified atom stereocenters. The molecular formula is C30H34N2O3S. The molecule has 1 atom stereocenters. The second-order valence-electron chi connectivity index (χ2n) is 10.3. The zero-order chi connectivity index (χ0) is 25.9. The smallest absolute Gasteiger partial charge is 0.304 e. The zero-order valence-electron chi connectivity index (χ0n) is 21.6. The number of hydrogen-bond acceptors (Lipinski definition) is 4. The highest BCUT2D eigenvalue weighted by atomic mass is 32.2. The molecule has 4 aromatic rings. The van der Waals surface area contributed by atoms with Gasteiger partial charge in [0.25, 0.3) is 0 Å². The fourth-order valence-electron chi connectivity index (χ4n) is 4.49. The summed E-state index contributed by atoms with van der Waals surface area (Å²) in [4.78, 5) is 17.5. The second-order valence-corrected chi connectivity index (χ2v) is 12.1. The van der Waals surface area contributed by atoms with Crippen LogP contribution >= 0.6 is 11.8 Å². The topological polar surface area (TPSA) is 64.3 Å². The third-order valence-electron chi connectivity index (χ3n) is 6.07. The lowest BCUT2D eigenvalue weighted by Crippen LogP contribution is -2.15. The number of thioether (sulfide) groups is 1. The Bertz CT molecular complexity index is 1340. The lowest BCUT2D eigenvalue weighted by atomic mass is 9.93. The molecule has 2 aromatic carbocycles. The molecule has 0 spiro atoms. The van der Waals surface area contributed by atoms with Crippen LogP contribution in [0.25, 0.3) is 10.9 Å². The molecule has 1 N–H and O–H groups in total. The summed E-state index contributed by atoms with van der Waals surface area (Å²) in [5.41, 5.74) is 5.26. The molecule has 0 amide bonds. The van der Waals surface area contributed by atoms with Crippen LogP contribution in [0.3, 0.4) is 0 Å². The van der Waals surface area contributed by atoms with E-state index in [4.69, 9.17) is 4.74 Å². The van der Waals surface area contributed by atoms with E-state index in [0.29, 0.717) is 13.0 Å². The van der Waals surface area contributed by atoms with E-state index in [0.717, 1.165) is 44.1 Å². The molecule has 5 nitrogen and oxygen atoms in total. The van der Waals surface area contributed by atoms with Gasteiger partial charge in [-0.25, -0.2) is 0 Å². The van der Waals surface area contributed by atoms with Gasteiger partial charge in [0.1, 0.15) is 12.4 Å². The zero-order valence-corrected chi connectivity index (χ0v) is 22.4. The Morgan fingerprint density at radius 3 is 2.50 bits per heavy atom. The average Bonchev–Trinajstić information content (AvgIpc) is 3.08. The summed E-state index contributed by atoms with van der Waals surface area (Å²) in [6, 6.07) is 20.3. The largest absolute Gasteiger partial charge is 0.487 e. The fourth-order valence-corrected chi connectivity index (χ4v) is 5.78. The number of benzene rings is 2. The monoisotopic (exact) mass is 502 g/mol. The molecule has 2 heterocycles. The summed E-state index contributed by atoms with van der Waals surface area (Å²) < 4.78 is 8.24. The van der Waals surface area contributed by atoms with Crippen LogP contribution in [0.15, 0.2) is 71.8 Å². The van der Waals surface area contributed by atoms with E-state index in [1.165, 1.54) is 0 Å². The summed E-state index contributed by atoms with van der Waals surface area (Å²) >= 11 is 1.79. The molecule has 0 saturated heterocycles. The minimum Gasteiger partial charge on any atom is -0.487 e. The van der Waals surface area contributed by atoms with Gasteiger partial charge < -0.3 is 14.4 Å². The number of fused-ring (bicyclic) bond motifs is 1. The molecule has 36 heavy (non-hydrogen) atoms. The number of hydrogen-bond donors (Lipinski definition) is 1. The molecule has 4 rings (SSSR count). The van der Waals surface area contributed by atoms with Crippen molar-refractivity contribution in [1.82, 2.24) is 9.55 Å². The van der Waals surface area contributed by atoms with Crippen molar-refractivity contribution in [3.8, 4) is 5.75 Å². The number of aliphatic carboxylic acids is 1. The van der Waals surface area contributed by atoms with Gasteiger partial charge in [-0.15, -0.1) is 11.8 Å². The van der Waals surface area contributed by atoms with Crippen LogP contribution in [0.5, 0.6) is 5.75 Å². The first-order chi connectivity index (χ1) is 17.1. The van der Waals surface area contributed by atoms with Gasteiger partial charge in [0, 0.05) is 45.4 Å². The quantitative estimate of drug-likeness (QED) is 0.246. The van der Waals surface area contributed by atoms with Gasteiger partial charge in [0.05, 0.1) is 12.1 Å². The minimum absolute atomic E-state index is 0.0494. The molecule has 0 aliphatic heterocycles. The predicted molar refractivity (Wildman–Crippen MR) is 147 cm³/mol. The number of pyridine rings is 1. The first-order valence-electron chi connectivity index (χ1n) is 12.2. The van der Waals surface area contributed by atoms with E-state index >= 15 is 0 Å². The molecular weight excluding hydrogens is 468 g/mol. The van der Waals surface area contributed by atoms with Crippen LogP contribution in [0, 0.1) is 6.92 Å². The van der Waals surface area contributed by atoms with E-state index in [-0.39, 0.29) is 17.1 Å². The highest BCUT2D eigenvalue weighted by Crippen LogP contribution is 2.45. The maximum atomic E-state index is 11.9. The van der Waals surface area contributed by atoms with Crippen molar-refractivity contribution in [2.75, 3.05) is 0 Å². The number of rotatable bonds is 9. The third kappa shape index (κ3) is 6.30. The van der Waals surface area contributed by atoms with Crippen LogP contribution in [0.1, 0.15) is 55.6 Å². The predicted octanol–water partition coefficient (Wildman–Crippen LogP) is 7.15. The minimum atomic E-state index is -0.789. The molecule has 0 aliphatic rings. The first-order valence-corrected chi connectivity index (χ1v) is 13.0. The van der Waals surface area contributed by atoms with Crippen molar-refractivity contribution in [3.05, 3.63) is 89.4 Å². The highest BCUT2D eigenvalue weighted by Gasteiger charge is 2.28. The van der Waals surface area contributed by atoms with Crippen LogP contribution in [0.4, 0.5) is 0 Å². The van der Waals surface area contributed by atoms with Crippen LogP contribution in [-0.4, -0.2) is 25.4 Å². The van der Waals surface area contributed by atoms with Gasteiger partial charge in [-0.3, -0.25) is 9.78 Å². The van der Waals surface area contributed by atoms with Crippen molar-refractivity contribution in [2.45, 2.75) is 62.7 Å². The van der Waals surface area contributed by atoms with Gasteiger partial charge in [-0.05, 0) is 48.7 Å². The standard InChI is InChI=1S/C30H34N2O3S/c1-20-11-12-23(31-18-20)19-35-24-13-14-26-25(17-24)29(36-30(2,3)4)28(32(26)5)22(16-27(33)34)15-21-9-7-6-8-10-21/h6-14,17-18,22H,15-16,19H2,1-5H3,(H,33,34). The molecule has 6 heteroatoms. The van der Waals surface area contributed by atoms with Crippen molar-refractivity contribution in [1.29, 1.82) is 0 Å². The van der Waals surface area contributed by atoms with Crippen molar-refractivity contribution >= 4 is 28.6 Å². The third-order valence-corrected chi connectivity index (χ3v) is 7.31. The Kier molecular flexibility index (Phi) is 7.74. The van der Waals surface area contributed by atoms with Crippen molar-refractivity contribution in [2.24, 2.45) is 7.05 Å². The maximum Gasteiger partial charge on any atom is 0.304 e. The molecule has 0 bridgehead atoms. The number of nitrogens with zero attached hydrogens (tertiary/aromatic N) is 2. The van der Waals surface area contributed by atoms with Gasteiger partial charge in [-0.1, -0.05) is 57.2 Å². The number of carbonyl (C=O) groups is 1. The van der Waals surface area contributed by atoms with E-state index in [1.807, 2.05) is 56.6 Å². The molecule has 188 valence electrons. The SMILES string of the molecule is Cc1ccc(COc2ccc3c(c2)c(SC(C)(C)C)c(C(CC(=O)O)Cc2ccccc2)n3C)nc1. The fraction of sp³-hybridized carbons (Fsp3) is 0.333. The highest BCUT2D eigenvalue weighted by molar-refractivity contribution is 8.00. The Balaban J connectivity index is 1.76. The van der Waals surface area contributed by atoms with Crippen LogP contribution in [0.2, 0.25) is 0 Å². The van der Waals surface area contributed by atoms with Crippen LogP contribution in [-0.2, 0) is 24.9 Å². The van der Waals surface area contributed by atoms with Crippen molar-refractivity contribution in [3.63, 3.8) is 0 Å². The lowest BCUT2D eigenvalue weighted by molar-refractivity contribution is -0.137. The molecule has 0 radical (unpaired) electrons. The Labute approximate surface area is 217 Å². The Morgan fingerprint density at radius 2 is 1.86 bits per heavy atom. The number of carboxylic acids is 1. The Hall–Kier alpha value is -3.25. The summed E-state index contributed by atoms with van der Waals surface area (Å²) in [5.74, 6) is -0.175. The van der Waals surface area contributed by atoms with Gasteiger partial charge >= 0.3 is 5.97 Å². The number of aromatic nitrogens is 2. The van der Waals surface area contributed by atoms with E-state index in [2.05, 4.69) is 54.6 Å². The van der Waals surface area contributed by atoms with E-state index in [9.17, 15) is 9.90 Å². The average molecular weight is 503 g/mol. The van der Waals surface area contributed by atoms with Crippen LogP contribution < -0.4 is 4.74 Å². The van der Waals surface area contributed by atoms with Gasteiger partial charge in [0.15, 0.2) is 0 Å². The summed E-state index contributed by atoms with van der Waals surface area (Å²) in [5, 5.41) is 10.9. The maximum absolute atomic E-state index is 11.9. The second kappa shape index (κ2) is 10.8. The molecule has 0 fully saturated rings. The number of carboxylic acid groups (broad SMARTS) is 1. The summed E-state index contributed by atoms with van der Waals surface area (Å²) in [7, 11) is 2.04. The van der Waals surface area contributed by atoms with E-state index in [1.54, 1.807) is 11.8 Å². The molecule has 2 aromatic heterocycles. The molecule has 0 aliphatic carbocycles. The van der Waals surface area contributed by atoms with E-state index < -0.39 is 5.97 Å². The van der Waals surface area contributed by atoms with Gasteiger partial charge in [-0.2, -0.15) is 0 Å². The van der Waals surface area contributed by atoms with Crippen molar-refractivity contribution < 1.29 is 14.6 Å². The van der Waals surface area contributed by atoms with Gasteiger partial charge in [0.2, 0.25) is 0 Å². The number of ether oxygens (including phenoxy) is 1. The summed E-state index contributed by atoms with van der Waals surface area (Å²) in [6.07, 6.45) is 2.58. The summed E-state index contributed by atoms with van der Waals surface area (Å²) in [6.45, 7) is 8.97. The molecule has 0 saturated carbocycles. The first kappa shape index (κ1) is 25.8. The lowest BCUT2D eigenvalue weighted by Gasteiger charge is -2.23. The Morgan fingerprint density at radius 1 is 1.11 bits per heavy atom. The number of aryl methyl sites for hydroxylation is 2.